The van der Waals surface area contributed by atoms with Crippen LogP contribution in [-0.2, 0) is 9.53 Å². The molecule has 0 bridgehead atoms. The van der Waals surface area contributed by atoms with Crippen LogP contribution in [0.2, 0.25) is 0 Å². The van der Waals surface area contributed by atoms with Crippen LogP contribution in [0.3, 0.4) is 0 Å². The Balaban J connectivity index is 1.68. The molecular weight excluding hydrogens is 460 g/mol. The summed E-state index contributed by atoms with van der Waals surface area (Å²) < 4.78 is 16.8. The third-order valence-electron chi connectivity index (χ3n) is 6.00. The summed E-state index contributed by atoms with van der Waals surface area (Å²) in [5.41, 5.74) is 12.5. The minimum absolute atomic E-state index is 0.0254. The Bertz CT molecular complexity index is 1030. The van der Waals surface area contributed by atoms with Gasteiger partial charge in [0.15, 0.2) is 0 Å². The number of rotatable bonds is 12. The molecule has 0 aromatic heterocycles. The fourth-order valence-electron chi connectivity index (χ4n) is 4.01. The lowest BCUT2D eigenvalue weighted by atomic mass is 9.91. The van der Waals surface area contributed by atoms with Crippen molar-refractivity contribution in [2.45, 2.75) is 64.0 Å². The highest BCUT2D eigenvalue weighted by atomic mass is 16.5. The van der Waals surface area contributed by atoms with Gasteiger partial charge in [-0.2, -0.15) is 0 Å². The number of benzene rings is 2. The van der Waals surface area contributed by atoms with E-state index >= 15 is 0 Å². The molecule has 1 fully saturated rings. The van der Waals surface area contributed by atoms with Gasteiger partial charge in [0.25, 0.3) is 5.91 Å². The lowest BCUT2D eigenvalue weighted by Crippen LogP contribution is -2.40. The summed E-state index contributed by atoms with van der Waals surface area (Å²) in [5.74, 6) is 1.05. The molecule has 1 aliphatic carbocycles. The van der Waals surface area contributed by atoms with Crippen LogP contribution >= 0.6 is 0 Å². The number of esters is 1. The van der Waals surface area contributed by atoms with E-state index < -0.39 is 0 Å². The van der Waals surface area contributed by atoms with E-state index in [1.807, 2.05) is 0 Å². The SMILES string of the molecule is CCOC(=O)CCCCOc1cc(Oc2ccc(C(=N)N)cc2)cc(C(=O)NC2CCC(N)CC2)c1. The fraction of sp³-hybridized carbons (Fsp3) is 0.444. The van der Waals surface area contributed by atoms with Gasteiger partial charge in [0.2, 0.25) is 0 Å². The van der Waals surface area contributed by atoms with Crippen molar-refractivity contribution in [3.63, 3.8) is 0 Å². The minimum Gasteiger partial charge on any atom is -0.493 e. The second kappa shape index (κ2) is 13.5. The third-order valence-corrected chi connectivity index (χ3v) is 6.00. The maximum absolute atomic E-state index is 13.0. The predicted molar refractivity (Wildman–Crippen MR) is 138 cm³/mol. The molecule has 6 N–H and O–H groups in total. The highest BCUT2D eigenvalue weighted by Crippen LogP contribution is 2.28. The van der Waals surface area contributed by atoms with E-state index in [1.54, 1.807) is 49.4 Å². The first-order valence-electron chi connectivity index (χ1n) is 12.5. The molecule has 3 rings (SSSR count). The molecule has 9 heteroatoms. The van der Waals surface area contributed by atoms with E-state index in [9.17, 15) is 9.59 Å². The van der Waals surface area contributed by atoms with Crippen LogP contribution in [0.4, 0.5) is 0 Å². The summed E-state index contributed by atoms with van der Waals surface area (Å²) in [6.45, 7) is 2.54. The molecule has 0 unspecified atom stereocenters. The van der Waals surface area contributed by atoms with Crippen LogP contribution in [0.1, 0.15) is 67.8 Å². The zero-order chi connectivity index (χ0) is 25.9. The largest absolute Gasteiger partial charge is 0.493 e. The standard InChI is InChI=1S/C27H36N4O5/c1-2-34-25(32)5-3-4-14-35-23-15-19(27(33)31-21-10-8-20(28)9-11-21)16-24(17-23)36-22-12-6-18(7-13-22)26(29)30/h6-7,12-13,15-17,20-21H,2-5,8-11,14,28H2,1H3,(H3,29,30)(H,31,33). The number of amides is 1. The van der Waals surface area contributed by atoms with Crippen molar-refractivity contribution in [2.24, 2.45) is 11.5 Å². The number of nitrogens with two attached hydrogens (primary N) is 2. The van der Waals surface area contributed by atoms with Crippen LogP contribution in [0.25, 0.3) is 0 Å². The second-order valence-corrected chi connectivity index (χ2v) is 8.93. The summed E-state index contributed by atoms with van der Waals surface area (Å²) in [6, 6.07) is 12.2. The Labute approximate surface area is 212 Å². The second-order valence-electron chi connectivity index (χ2n) is 8.93. The van der Waals surface area contributed by atoms with Crippen molar-refractivity contribution in [3.05, 3.63) is 53.6 Å². The summed E-state index contributed by atoms with van der Waals surface area (Å²) in [7, 11) is 0. The van der Waals surface area contributed by atoms with Gasteiger partial charge in [0.1, 0.15) is 23.1 Å². The van der Waals surface area contributed by atoms with E-state index in [-0.39, 0.29) is 29.8 Å². The predicted octanol–water partition coefficient (Wildman–Crippen LogP) is 3.87. The molecule has 0 atom stereocenters. The van der Waals surface area contributed by atoms with Crippen molar-refractivity contribution >= 4 is 17.7 Å². The van der Waals surface area contributed by atoms with E-state index in [0.717, 1.165) is 25.7 Å². The summed E-state index contributed by atoms with van der Waals surface area (Å²) in [4.78, 5) is 24.5. The quantitative estimate of drug-likeness (QED) is 0.151. The number of nitrogens with one attached hydrogen (secondary N) is 2. The zero-order valence-corrected chi connectivity index (χ0v) is 20.8. The van der Waals surface area contributed by atoms with Gasteiger partial charge in [0.05, 0.1) is 13.2 Å². The summed E-state index contributed by atoms with van der Waals surface area (Å²) >= 11 is 0. The Morgan fingerprint density at radius 2 is 1.67 bits per heavy atom. The van der Waals surface area contributed by atoms with E-state index in [1.165, 1.54) is 0 Å². The number of carbonyl (C=O) groups is 2. The van der Waals surface area contributed by atoms with Crippen LogP contribution in [0, 0.1) is 5.41 Å². The molecular formula is C27H36N4O5. The fourth-order valence-corrected chi connectivity index (χ4v) is 4.01. The number of carbonyl (C=O) groups excluding carboxylic acids is 2. The zero-order valence-electron chi connectivity index (χ0n) is 20.8. The van der Waals surface area contributed by atoms with Gasteiger partial charge in [-0.1, -0.05) is 0 Å². The maximum Gasteiger partial charge on any atom is 0.305 e. The van der Waals surface area contributed by atoms with Gasteiger partial charge in [-0.05, 0) is 81.8 Å². The van der Waals surface area contributed by atoms with Crippen LogP contribution in [-0.4, -0.2) is 43.0 Å². The first-order valence-corrected chi connectivity index (χ1v) is 12.5. The Hall–Kier alpha value is -3.59. The molecule has 2 aromatic rings. The van der Waals surface area contributed by atoms with Crippen LogP contribution in [0.5, 0.6) is 17.2 Å². The molecule has 9 nitrogen and oxygen atoms in total. The molecule has 0 saturated heterocycles. The summed E-state index contributed by atoms with van der Waals surface area (Å²) in [6.07, 6.45) is 5.16. The number of hydrogen-bond acceptors (Lipinski definition) is 7. The van der Waals surface area contributed by atoms with E-state index in [0.29, 0.717) is 60.9 Å². The number of nitrogen functional groups attached to an aromatic ring is 1. The Morgan fingerprint density at radius 1 is 0.972 bits per heavy atom. The molecule has 0 spiro atoms. The number of amidine groups is 1. The first-order chi connectivity index (χ1) is 17.3. The summed E-state index contributed by atoms with van der Waals surface area (Å²) in [5, 5.41) is 10.6. The minimum atomic E-state index is -0.216. The molecule has 194 valence electrons. The lowest BCUT2D eigenvalue weighted by molar-refractivity contribution is -0.143. The number of hydrogen-bond donors (Lipinski definition) is 4. The van der Waals surface area contributed by atoms with Crippen molar-refractivity contribution in [2.75, 3.05) is 13.2 Å². The molecule has 0 heterocycles. The van der Waals surface area contributed by atoms with Crippen molar-refractivity contribution < 1.29 is 23.8 Å². The van der Waals surface area contributed by atoms with Gasteiger partial charge < -0.3 is 31.0 Å². The molecule has 1 saturated carbocycles. The van der Waals surface area contributed by atoms with Crippen LogP contribution in [0.15, 0.2) is 42.5 Å². The van der Waals surface area contributed by atoms with Crippen molar-refractivity contribution in [1.82, 2.24) is 5.32 Å². The highest BCUT2D eigenvalue weighted by molar-refractivity contribution is 5.95. The maximum atomic E-state index is 13.0. The van der Waals surface area contributed by atoms with Gasteiger partial charge in [-0.15, -0.1) is 0 Å². The van der Waals surface area contributed by atoms with Gasteiger partial charge in [-0.3, -0.25) is 15.0 Å². The molecule has 36 heavy (non-hydrogen) atoms. The first kappa shape index (κ1) is 27.0. The van der Waals surface area contributed by atoms with Gasteiger partial charge >= 0.3 is 5.97 Å². The number of unbranched alkanes of at least 4 members (excludes halogenated alkanes) is 1. The topological polar surface area (TPSA) is 150 Å². The van der Waals surface area contributed by atoms with E-state index in [4.69, 9.17) is 31.1 Å². The van der Waals surface area contributed by atoms with Gasteiger partial charge in [-0.25, -0.2) is 0 Å². The van der Waals surface area contributed by atoms with Crippen molar-refractivity contribution in [3.8, 4) is 17.2 Å². The lowest BCUT2D eigenvalue weighted by Gasteiger charge is -2.26. The number of ether oxygens (including phenoxy) is 3. The molecule has 2 aromatic carbocycles. The molecule has 0 aliphatic heterocycles. The smallest absolute Gasteiger partial charge is 0.305 e. The van der Waals surface area contributed by atoms with Gasteiger partial charge in [0, 0.05) is 35.7 Å². The van der Waals surface area contributed by atoms with Crippen molar-refractivity contribution in [1.29, 1.82) is 5.41 Å². The monoisotopic (exact) mass is 496 g/mol. The highest BCUT2D eigenvalue weighted by Gasteiger charge is 2.21. The molecule has 0 radical (unpaired) electrons. The average molecular weight is 497 g/mol. The molecule has 1 aliphatic rings. The van der Waals surface area contributed by atoms with E-state index in [2.05, 4.69) is 5.32 Å². The average Bonchev–Trinajstić information content (AvgIpc) is 2.85. The normalized spacial score (nSPS) is 17.2. The Kier molecular flexibility index (Phi) is 10.1. The Morgan fingerprint density at radius 3 is 2.33 bits per heavy atom. The third kappa shape index (κ3) is 8.57. The van der Waals surface area contributed by atoms with Crippen LogP contribution < -0.4 is 26.3 Å². The molecule has 1 amide bonds.